The number of fused-ring (bicyclic) bond motifs is 1. The van der Waals surface area contributed by atoms with Gasteiger partial charge in [0.25, 0.3) is 0 Å². The first kappa shape index (κ1) is 58.0. The summed E-state index contributed by atoms with van der Waals surface area (Å²) in [6.45, 7) is 1.51. The second kappa shape index (κ2) is 29.2. The molecule has 0 unspecified atom stereocenters. The average Bonchev–Trinajstić information content (AvgIpc) is 3.82. The second-order valence-electron chi connectivity index (χ2n) is 18.5. The fraction of sp³-hybridized carbons (Fsp3) is 0.370. The number of aliphatic hydroxyl groups is 1. The number of aromatic amines is 1. The Morgan fingerprint density at radius 3 is 1.50 bits per heavy atom. The van der Waals surface area contributed by atoms with Crippen molar-refractivity contribution in [3.05, 3.63) is 144 Å². The van der Waals surface area contributed by atoms with Gasteiger partial charge in [0.05, 0.1) is 12.1 Å². The van der Waals surface area contributed by atoms with Crippen molar-refractivity contribution < 1.29 is 48.6 Å². The lowest BCUT2D eigenvalue weighted by molar-refractivity contribution is -0.141. The molecule has 6 rings (SSSR count). The Bertz CT molecular complexity index is 2750. The highest BCUT2D eigenvalue weighted by Gasteiger charge is 2.36. The zero-order valence-corrected chi connectivity index (χ0v) is 43.6. The highest BCUT2D eigenvalue weighted by molar-refractivity contribution is 8.76. The molecule has 14 N–H and O–H groups in total. The normalized spacial score (nSPS) is 23.7. The molecular weight excluding hydrogens is 1010 g/mol. The fourth-order valence-electron chi connectivity index (χ4n) is 8.45. The molecule has 22 heteroatoms. The summed E-state index contributed by atoms with van der Waals surface area (Å²) in [6, 6.07) is 22.5. The van der Waals surface area contributed by atoms with Gasteiger partial charge in [0.1, 0.15) is 42.3 Å². The summed E-state index contributed by atoms with van der Waals surface area (Å²) in [6.07, 6.45) is 0.661. The van der Waals surface area contributed by atoms with Gasteiger partial charge in [-0.2, -0.15) is 0 Å². The van der Waals surface area contributed by atoms with E-state index in [4.69, 9.17) is 11.5 Å². The number of unbranched alkanes of at least 4 members (excludes halogenated alkanes) is 1. The molecule has 0 bridgehead atoms. The minimum Gasteiger partial charge on any atom is -0.480 e. The molecule has 1 saturated heterocycles. The third-order valence-electron chi connectivity index (χ3n) is 12.6. The topological polar surface area (TPSA) is 329 Å². The van der Waals surface area contributed by atoms with Crippen LogP contribution in [0.15, 0.2) is 121 Å². The number of carbonyl (C=O) groups excluding carboxylic acids is 7. The summed E-state index contributed by atoms with van der Waals surface area (Å²) in [4.78, 5) is 116. The zero-order chi connectivity index (χ0) is 54.6. The number of aliphatic hydroxyl groups excluding tert-OH is 1. The Kier molecular flexibility index (Phi) is 22.3. The van der Waals surface area contributed by atoms with Gasteiger partial charge in [-0.15, -0.1) is 0 Å². The molecule has 5 aromatic rings. The Labute approximate surface area is 448 Å². The average molecular weight is 1080 g/mol. The van der Waals surface area contributed by atoms with Crippen molar-refractivity contribution in [3.8, 4) is 0 Å². The number of hydrogen-bond acceptors (Lipinski definition) is 13. The molecule has 9 atom stereocenters. The lowest BCUT2D eigenvalue weighted by Crippen LogP contribution is -2.62. The molecule has 1 aliphatic rings. The Morgan fingerprint density at radius 1 is 0.553 bits per heavy atom. The van der Waals surface area contributed by atoms with Gasteiger partial charge >= 0.3 is 5.97 Å². The Balaban J connectivity index is 1.39. The number of carbonyl (C=O) groups is 8. The summed E-state index contributed by atoms with van der Waals surface area (Å²) in [5.74, 6) is -7.42. The highest BCUT2D eigenvalue weighted by atomic mass is 33.1. The molecule has 20 nitrogen and oxygen atoms in total. The van der Waals surface area contributed by atoms with E-state index in [2.05, 4.69) is 42.2 Å². The standard InChI is InChI=1S/C54H66N10O10S2/c1-32(65)46-53(72)62-43(27-35-19-9-4-10-20-35)51(70)63-45(54(73)74)31-76-75-30-38(56)47(66)59-41(25-33-15-5-2-6-16-33)49(68)60-42(26-34-17-7-3-8-18-34)50(69)61-44(28-36-29-57-39-22-12-11-21-37(36)39)52(71)58-40(48(67)64-46)23-13-14-24-55/h2-12,15-22,29,32,38,40-46,57,65H,13-14,23-28,30-31,55-56H2,1H3,(H,58,71)(H,59,66)(H,60,68)(H,61,69)(H,62,72)(H,63,70)(H,64,67)(H,73,74)/t32-,38-,40+,41+,42+,43+,44-,45+,46+/m1/s1. The van der Waals surface area contributed by atoms with Crippen LogP contribution < -0.4 is 48.7 Å². The van der Waals surface area contributed by atoms with Crippen LogP contribution in [0.5, 0.6) is 0 Å². The number of aromatic nitrogens is 1. The van der Waals surface area contributed by atoms with Gasteiger partial charge in [0.15, 0.2) is 0 Å². The van der Waals surface area contributed by atoms with Crippen molar-refractivity contribution in [1.29, 1.82) is 0 Å². The molecule has 0 saturated carbocycles. The number of carboxylic acids is 1. The van der Waals surface area contributed by atoms with Gasteiger partial charge in [0, 0.05) is 54.3 Å². The second-order valence-corrected chi connectivity index (χ2v) is 21.1. The minimum atomic E-state index is -1.69. The SMILES string of the molecule is C[C@@H](O)[C@@H]1NC(=O)[C@H](CCCCN)NC(=O)[C@@H](Cc2c[nH]c3ccccc23)NC(=O)[C@H](Cc2ccccc2)NC(=O)[C@H](Cc2ccccc2)NC(=O)[C@H](N)CSSC[C@@H](C(=O)O)NC(=O)[C@H](Cc2ccccc2)NC1=O. The van der Waals surface area contributed by atoms with Crippen LogP contribution in [-0.4, -0.2) is 135 Å². The molecule has 0 aliphatic carbocycles. The molecule has 404 valence electrons. The van der Waals surface area contributed by atoms with Gasteiger partial charge in [-0.1, -0.05) is 131 Å². The minimum absolute atomic E-state index is 0.00642. The fourth-order valence-corrected chi connectivity index (χ4v) is 10.7. The van der Waals surface area contributed by atoms with Crippen molar-refractivity contribution in [2.75, 3.05) is 18.1 Å². The van der Waals surface area contributed by atoms with Crippen molar-refractivity contribution >= 4 is 79.8 Å². The molecule has 0 radical (unpaired) electrons. The van der Waals surface area contributed by atoms with E-state index in [1.807, 2.05) is 24.3 Å². The van der Waals surface area contributed by atoms with E-state index in [-0.39, 0.29) is 50.2 Å². The van der Waals surface area contributed by atoms with Crippen LogP contribution in [0.3, 0.4) is 0 Å². The van der Waals surface area contributed by atoms with Crippen molar-refractivity contribution in [2.24, 2.45) is 11.5 Å². The van der Waals surface area contributed by atoms with Crippen molar-refractivity contribution in [2.45, 2.75) is 106 Å². The number of carboxylic acid groups (broad SMARTS) is 1. The number of rotatable bonds is 14. The third-order valence-corrected chi connectivity index (χ3v) is 15.1. The first-order valence-corrected chi connectivity index (χ1v) is 27.5. The van der Waals surface area contributed by atoms with Gasteiger partial charge < -0.3 is 63.9 Å². The first-order valence-electron chi connectivity index (χ1n) is 25.0. The number of benzene rings is 4. The predicted octanol–water partition coefficient (Wildman–Crippen LogP) is 1.15. The van der Waals surface area contributed by atoms with Gasteiger partial charge in [-0.05, 0) is 61.1 Å². The molecule has 1 aromatic heterocycles. The maximum atomic E-state index is 14.8. The van der Waals surface area contributed by atoms with Crippen LogP contribution >= 0.6 is 21.6 Å². The summed E-state index contributed by atoms with van der Waals surface area (Å²) in [5, 5.41) is 40.8. The maximum absolute atomic E-state index is 14.8. The molecule has 1 fully saturated rings. The highest BCUT2D eigenvalue weighted by Crippen LogP contribution is 2.24. The molecule has 76 heavy (non-hydrogen) atoms. The van der Waals surface area contributed by atoms with Gasteiger partial charge in [0.2, 0.25) is 41.4 Å². The van der Waals surface area contributed by atoms with E-state index >= 15 is 0 Å². The zero-order valence-electron chi connectivity index (χ0n) is 41.9. The van der Waals surface area contributed by atoms with Crippen molar-refractivity contribution in [1.82, 2.24) is 42.2 Å². The van der Waals surface area contributed by atoms with E-state index in [1.54, 1.807) is 97.2 Å². The smallest absolute Gasteiger partial charge is 0.327 e. The Hall–Kier alpha value is -7.24. The molecule has 4 aromatic carbocycles. The van der Waals surface area contributed by atoms with Crippen molar-refractivity contribution in [3.63, 3.8) is 0 Å². The van der Waals surface area contributed by atoms with Crippen LogP contribution in [0.2, 0.25) is 0 Å². The predicted molar refractivity (Wildman–Crippen MR) is 291 cm³/mol. The van der Waals surface area contributed by atoms with Crippen LogP contribution in [0.25, 0.3) is 10.9 Å². The number of amides is 7. The van der Waals surface area contributed by atoms with E-state index in [1.165, 1.54) is 6.92 Å². The monoisotopic (exact) mass is 1080 g/mol. The van der Waals surface area contributed by atoms with E-state index < -0.39 is 102 Å². The number of aliphatic carboxylic acids is 1. The number of para-hydroxylation sites is 1. The van der Waals surface area contributed by atoms with E-state index in [0.29, 0.717) is 35.1 Å². The molecule has 1 aliphatic heterocycles. The maximum Gasteiger partial charge on any atom is 0.327 e. The summed E-state index contributed by atoms with van der Waals surface area (Å²) < 4.78 is 0. The lowest BCUT2D eigenvalue weighted by atomic mass is 10.00. The summed E-state index contributed by atoms with van der Waals surface area (Å²) in [7, 11) is 2.07. The van der Waals surface area contributed by atoms with E-state index in [9.17, 15) is 48.6 Å². The number of nitrogens with two attached hydrogens (primary N) is 2. The van der Waals surface area contributed by atoms with Crippen LogP contribution in [0.4, 0.5) is 0 Å². The quantitative estimate of drug-likeness (QED) is 0.0549. The van der Waals surface area contributed by atoms with E-state index in [0.717, 1.165) is 32.5 Å². The van der Waals surface area contributed by atoms with Gasteiger partial charge in [-0.25, -0.2) is 4.79 Å². The van der Waals surface area contributed by atoms with Gasteiger partial charge in [-0.3, -0.25) is 33.6 Å². The molecule has 2 heterocycles. The number of hydrogen-bond donors (Lipinski definition) is 12. The Morgan fingerprint density at radius 2 is 0.987 bits per heavy atom. The molecule has 0 spiro atoms. The number of H-pyrrole nitrogens is 1. The third kappa shape index (κ3) is 17.4. The summed E-state index contributed by atoms with van der Waals surface area (Å²) >= 11 is 0. The van der Waals surface area contributed by atoms with Crippen LogP contribution in [0.1, 0.15) is 48.4 Å². The van der Waals surface area contributed by atoms with Crippen LogP contribution in [0, 0.1) is 0 Å². The lowest BCUT2D eigenvalue weighted by Gasteiger charge is -2.29. The first-order chi connectivity index (χ1) is 36.6. The van der Waals surface area contributed by atoms with Crippen LogP contribution in [-0.2, 0) is 64.0 Å². The molecular formula is C54H66N10O10S2. The number of nitrogens with one attached hydrogen (secondary N) is 8. The summed E-state index contributed by atoms with van der Waals surface area (Å²) in [5.41, 5.74) is 15.5. The molecule has 7 amide bonds. The largest absolute Gasteiger partial charge is 0.480 e.